The maximum atomic E-state index is 13.5. The first-order chi connectivity index (χ1) is 17.1. The number of para-hydroxylation sites is 1. The lowest BCUT2D eigenvalue weighted by molar-refractivity contribution is 0.0947. The molecule has 1 unspecified atom stereocenters. The number of nitrogens with one attached hydrogen (secondary N) is 2. The van der Waals surface area contributed by atoms with Crippen LogP contribution in [0.3, 0.4) is 0 Å². The normalized spacial score (nSPS) is 12.2. The van der Waals surface area contributed by atoms with Crippen LogP contribution in [-0.2, 0) is 6.54 Å². The zero-order chi connectivity index (χ0) is 24.4. The van der Waals surface area contributed by atoms with E-state index in [1.54, 1.807) is 18.2 Å². The number of hydrogen-bond donors (Lipinski definition) is 2. The highest BCUT2D eigenvalue weighted by molar-refractivity contribution is 6.31. The zero-order valence-corrected chi connectivity index (χ0v) is 20.0. The van der Waals surface area contributed by atoms with Crippen LogP contribution in [0.4, 0.5) is 0 Å². The largest absolute Gasteiger partial charge is 0.361 e. The Kier molecular flexibility index (Phi) is 6.38. The number of halogens is 1. The molecule has 176 valence electrons. The second-order valence-corrected chi connectivity index (χ2v) is 8.90. The van der Waals surface area contributed by atoms with Gasteiger partial charge >= 0.3 is 0 Å². The van der Waals surface area contributed by atoms with E-state index >= 15 is 0 Å². The van der Waals surface area contributed by atoms with Gasteiger partial charge in [0.2, 0.25) is 0 Å². The van der Waals surface area contributed by atoms with E-state index in [0.29, 0.717) is 28.9 Å². The predicted octanol–water partition coefficient (Wildman–Crippen LogP) is 5.50. The molecular formula is C28H25ClN4O2. The van der Waals surface area contributed by atoms with Gasteiger partial charge in [-0.2, -0.15) is 5.10 Å². The predicted molar refractivity (Wildman–Crippen MR) is 140 cm³/mol. The lowest BCUT2D eigenvalue weighted by atomic mass is 9.90. The Hall–Kier alpha value is -3.90. The minimum absolute atomic E-state index is 0.184. The van der Waals surface area contributed by atoms with E-state index < -0.39 is 0 Å². The number of nitrogens with zero attached hydrogens (tertiary/aromatic N) is 2. The monoisotopic (exact) mass is 484 g/mol. The third kappa shape index (κ3) is 4.33. The summed E-state index contributed by atoms with van der Waals surface area (Å²) < 4.78 is 1.38. The molecule has 0 aliphatic rings. The first kappa shape index (κ1) is 22.9. The highest BCUT2D eigenvalue weighted by Gasteiger charge is 2.23. The zero-order valence-electron chi connectivity index (χ0n) is 19.3. The van der Waals surface area contributed by atoms with Crippen LogP contribution in [0.1, 0.15) is 40.9 Å². The summed E-state index contributed by atoms with van der Waals surface area (Å²) in [5, 5.41) is 10.2. The van der Waals surface area contributed by atoms with E-state index in [0.717, 1.165) is 28.5 Å². The molecule has 0 spiro atoms. The van der Waals surface area contributed by atoms with Gasteiger partial charge < -0.3 is 10.3 Å². The summed E-state index contributed by atoms with van der Waals surface area (Å²) in [5.41, 5.74) is 3.04. The number of benzene rings is 3. The van der Waals surface area contributed by atoms with Crippen LogP contribution < -0.4 is 10.9 Å². The Morgan fingerprint density at radius 1 is 0.971 bits per heavy atom. The maximum Gasteiger partial charge on any atom is 0.274 e. The van der Waals surface area contributed by atoms with Crippen molar-refractivity contribution in [3.05, 3.63) is 111 Å². The van der Waals surface area contributed by atoms with Crippen molar-refractivity contribution in [3.63, 3.8) is 0 Å². The number of carbonyl (C=O) groups is 1. The van der Waals surface area contributed by atoms with Crippen LogP contribution in [0.5, 0.6) is 0 Å². The van der Waals surface area contributed by atoms with Gasteiger partial charge in [0.25, 0.3) is 11.5 Å². The Labute approximate surface area is 207 Å². The smallest absolute Gasteiger partial charge is 0.274 e. The van der Waals surface area contributed by atoms with Gasteiger partial charge in [-0.05, 0) is 35.7 Å². The molecule has 1 amide bonds. The number of aryl methyl sites for hydroxylation is 1. The number of amides is 1. The minimum Gasteiger partial charge on any atom is -0.361 e. The average molecular weight is 485 g/mol. The molecule has 0 saturated carbocycles. The lowest BCUT2D eigenvalue weighted by Crippen LogP contribution is -2.33. The summed E-state index contributed by atoms with van der Waals surface area (Å²) in [6, 6.07) is 22.8. The van der Waals surface area contributed by atoms with Crippen molar-refractivity contribution in [2.24, 2.45) is 0 Å². The molecule has 0 fully saturated rings. The highest BCUT2D eigenvalue weighted by Crippen LogP contribution is 2.34. The van der Waals surface area contributed by atoms with E-state index in [2.05, 4.69) is 21.5 Å². The van der Waals surface area contributed by atoms with Crippen molar-refractivity contribution in [1.29, 1.82) is 0 Å². The number of aromatic amines is 1. The summed E-state index contributed by atoms with van der Waals surface area (Å²) in [5.74, 6) is -0.514. The van der Waals surface area contributed by atoms with E-state index in [4.69, 9.17) is 11.6 Å². The molecule has 0 bridgehead atoms. The number of H-pyrrole nitrogens is 1. The van der Waals surface area contributed by atoms with Crippen LogP contribution in [0.25, 0.3) is 21.7 Å². The molecular weight excluding hydrogens is 460 g/mol. The Morgan fingerprint density at radius 2 is 1.66 bits per heavy atom. The molecule has 3 aromatic carbocycles. The minimum atomic E-state index is -0.331. The van der Waals surface area contributed by atoms with Gasteiger partial charge in [-0.15, -0.1) is 0 Å². The lowest BCUT2D eigenvalue weighted by Gasteiger charge is -2.20. The SMILES string of the molecule is CCCn1nc(C(=O)NCC(c2ccccc2Cl)c2c[nH]c3ccccc23)c2ccccc2c1=O. The van der Waals surface area contributed by atoms with Crippen molar-refractivity contribution < 1.29 is 4.79 Å². The summed E-state index contributed by atoms with van der Waals surface area (Å²) in [4.78, 5) is 29.6. The first-order valence-corrected chi connectivity index (χ1v) is 12.0. The van der Waals surface area contributed by atoms with Gasteiger partial charge in [0.05, 0.1) is 5.39 Å². The van der Waals surface area contributed by atoms with Crippen molar-refractivity contribution in [3.8, 4) is 0 Å². The van der Waals surface area contributed by atoms with Crippen LogP contribution in [0, 0.1) is 0 Å². The van der Waals surface area contributed by atoms with E-state index in [9.17, 15) is 9.59 Å². The number of fused-ring (bicyclic) bond motifs is 2. The molecule has 5 aromatic rings. The average Bonchev–Trinajstić information content (AvgIpc) is 3.31. The second-order valence-electron chi connectivity index (χ2n) is 8.50. The quantitative estimate of drug-likeness (QED) is 0.320. The van der Waals surface area contributed by atoms with Crippen molar-refractivity contribution >= 4 is 39.2 Å². The van der Waals surface area contributed by atoms with Crippen LogP contribution in [0.15, 0.2) is 83.8 Å². The molecule has 2 aromatic heterocycles. The maximum absolute atomic E-state index is 13.5. The van der Waals surface area contributed by atoms with Gasteiger partial charge in [0.15, 0.2) is 5.69 Å². The molecule has 0 aliphatic carbocycles. The number of rotatable bonds is 7. The fraction of sp³-hybridized carbons (Fsp3) is 0.179. The van der Waals surface area contributed by atoms with E-state index in [1.165, 1.54) is 4.68 Å². The molecule has 5 rings (SSSR count). The van der Waals surface area contributed by atoms with Gasteiger partial charge in [-0.3, -0.25) is 9.59 Å². The highest BCUT2D eigenvalue weighted by atomic mass is 35.5. The Balaban J connectivity index is 1.53. The molecule has 6 nitrogen and oxygen atoms in total. The molecule has 7 heteroatoms. The fourth-order valence-electron chi connectivity index (χ4n) is 4.57. The van der Waals surface area contributed by atoms with E-state index in [1.807, 2.05) is 61.7 Å². The first-order valence-electron chi connectivity index (χ1n) is 11.7. The number of aromatic nitrogens is 3. The Morgan fingerprint density at radius 3 is 2.43 bits per heavy atom. The third-order valence-corrected chi connectivity index (χ3v) is 6.61. The van der Waals surface area contributed by atoms with Crippen LogP contribution in [-0.4, -0.2) is 27.2 Å². The molecule has 0 aliphatic heterocycles. The number of hydrogen-bond acceptors (Lipinski definition) is 3. The topological polar surface area (TPSA) is 79.8 Å². The van der Waals surface area contributed by atoms with Crippen molar-refractivity contribution in [1.82, 2.24) is 20.1 Å². The molecule has 0 radical (unpaired) electrons. The standard InChI is InChI=1S/C28H25ClN4O2/c1-2-15-33-28(35)21-12-4-3-11-20(21)26(32-33)27(34)31-17-22(18-9-5-7-13-24(18)29)23-16-30-25-14-8-6-10-19(23)25/h3-14,16,22,30H,2,15,17H2,1H3,(H,31,34). The summed E-state index contributed by atoms with van der Waals surface area (Å²) in [6.45, 7) is 2.73. The molecule has 2 N–H and O–H groups in total. The van der Waals surface area contributed by atoms with Gasteiger partial charge in [0.1, 0.15) is 0 Å². The second kappa shape index (κ2) is 9.76. The van der Waals surface area contributed by atoms with Crippen molar-refractivity contribution in [2.45, 2.75) is 25.8 Å². The molecule has 35 heavy (non-hydrogen) atoms. The molecule has 2 heterocycles. The van der Waals surface area contributed by atoms with Crippen molar-refractivity contribution in [2.75, 3.05) is 6.54 Å². The van der Waals surface area contributed by atoms with Crippen LogP contribution >= 0.6 is 11.6 Å². The molecule has 0 saturated heterocycles. The van der Waals surface area contributed by atoms with Gasteiger partial charge in [-0.1, -0.05) is 73.1 Å². The summed E-state index contributed by atoms with van der Waals surface area (Å²) in [6.07, 6.45) is 2.71. The fourth-order valence-corrected chi connectivity index (χ4v) is 4.84. The Bertz CT molecular complexity index is 1590. The third-order valence-electron chi connectivity index (χ3n) is 6.26. The number of carbonyl (C=O) groups excluding carboxylic acids is 1. The van der Waals surface area contributed by atoms with Gasteiger partial charge in [-0.25, -0.2) is 4.68 Å². The van der Waals surface area contributed by atoms with E-state index in [-0.39, 0.29) is 23.1 Å². The molecule has 1 atom stereocenters. The van der Waals surface area contributed by atoms with Crippen LogP contribution in [0.2, 0.25) is 5.02 Å². The summed E-state index contributed by atoms with van der Waals surface area (Å²) >= 11 is 6.60. The van der Waals surface area contributed by atoms with Gasteiger partial charge in [0, 0.05) is 46.5 Å². The summed E-state index contributed by atoms with van der Waals surface area (Å²) in [7, 11) is 0.